The van der Waals surface area contributed by atoms with Gasteiger partial charge in [-0.05, 0) is 54.4 Å². The number of benzene rings is 2. The third kappa shape index (κ3) is 4.33. The van der Waals surface area contributed by atoms with Crippen molar-refractivity contribution < 1.29 is 13.6 Å². The van der Waals surface area contributed by atoms with Crippen LogP contribution in [0.1, 0.15) is 24.1 Å². The van der Waals surface area contributed by atoms with Crippen molar-refractivity contribution in [1.82, 2.24) is 15.1 Å². The first-order chi connectivity index (χ1) is 14.0. The third-order valence-corrected chi connectivity index (χ3v) is 6.27. The molecule has 0 radical (unpaired) electrons. The van der Waals surface area contributed by atoms with Gasteiger partial charge in [0.05, 0.1) is 6.04 Å². The van der Waals surface area contributed by atoms with Crippen LogP contribution in [0.25, 0.3) is 0 Å². The maximum absolute atomic E-state index is 13.5. The van der Waals surface area contributed by atoms with Gasteiger partial charge in [-0.3, -0.25) is 9.69 Å². The van der Waals surface area contributed by atoms with Crippen molar-refractivity contribution in [1.29, 1.82) is 0 Å². The Morgan fingerprint density at radius 1 is 0.897 bits per heavy atom. The Morgan fingerprint density at radius 3 is 1.79 bits per heavy atom. The van der Waals surface area contributed by atoms with Crippen LogP contribution in [0, 0.1) is 23.5 Å². The topological polar surface area (TPSA) is 35.6 Å². The van der Waals surface area contributed by atoms with Crippen molar-refractivity contribution in [3.63, 3.8) is 0 Å². The summed E-state index contributed by atoms with van der Waals surface area (Å²) in [4.78, 5) is 17.1. The van der Waals surface area contributed by atoms with Crippen LogP contribution < -0.4 is 5.32 Å². The third-order valence-electron chi connectivity index (χ3n) is 6.27. The standard InChI is InChI=1S/C23H27F2N3O/c1-16(19-14-26-15-19)23(29)28-12-10-27(11-13-28)22(17-2-6-20(24)7-3-17)18-4-8-21(25)9-5-18/h2-9,16,19,22,26H,10-15H2,1H3. The van der Waals surface area contributed by atoms with Crippen LogP contribution in [-0.2, 0) is 4.79 Å². The first-order valence-electron chi connectivity index (χ1n) is 10.3. The van der Waals surface area contributed by atoms with Crippen LogP contribution >= 0.6 is 0 Å². The smallest absolute Gasteiger partial charge is 0.225 e. The van der Waals surface area contributed by atoms with Crippen molar-refractivity contribution >= 4 is 5.91 Å². The maximum atomic E-state index is 13.5. The monoisotopic (exact) mass is 399 g/mol. The van der Waals surface area contributed by atoms with Gasteiger partial charge in [-0.15, -0.1) is 0 Å². The van der Waals surface area contributed by atoms with Gasteiger partial charge < -0.3 is 10.2 Å². The molecule has 2 aromatic rings. The van der Waals surface area contributed by atoms with Crippen LogP contribution in [0.5, 0.6) is 0 Å². The number of piperazine rings is 1. The number of nitrogens with zero attached hydrogens (tertiary/aromatic N) is 2. The van der Waals surface area contributed by atoms with Crippen molar-refractivity contribution in [2.45, 2.75) is 13.0 Å². The first-order valence-corrected chi connectivity index (χ1v) is 10.3. The maximum Gasteiger partial charge on any atom is 0.225 e. The van der Waals surface area contributed by atoms with E-state index in [2.05, 4.69) is 10.2 Å². The molecule has 0 bridgehead atoms. The fourth-order valence-corrected chi connectivity index (χ4v) is 4.26. The Morgan fingerprint density at radius 2 is 1.38 bits per heavy atom. The molecule has 4 rings (SSSR count). The molecule has 2 saturated heterocycles. The van der Waals surface area contributed by atoms with Crippen LogP contribution in [-0.4, -0.2) is 55.0 Å². The van der Waals surface area contributed by atoms with Crippen LogP contribution in [0.2, 0.25) is 0 Å². The summed E-state index contributed by atoms with van der Waals surface area (Å²) in [5.41, 5.74) is 1.93. The van der Waals surface area contributed by atoms with E-state index in [4.69, 9.17) is 0 Å². The minimum Gasteiger partial charge on any atom is -0.340 e. The molecule has 6 heteroatoms. The summed E-state index contributed by atoms with van der Waals surface area (Å²) in [5.74, 6) is 0.166. The molecule has 2 fully saturated rings. The van der Waals surface area contributed by atoms with E-state index in [0.29, 0.717) is 19.0 Å². The number of rotatable bonds is 5. The molecule has 1 N–H and O–H groups in total. The SMILES string of the molecule is CC(C(=O)N1CCN(C(c2ccc(F)cc2)c2ccc(F)cc2)CC1)C1CNC1. The average Bonchev–Trinajstić information content (AvgIpc) is 2.70. The van der Waals surface area contributed by atoms with Gasteiger partial charge in [0, 0.05) is 32.1 Å². The van der Waals surface area contributed by atoms with Gasteiger partial charge in [-0.2, -0.15) is 0 Å². The Bertz CT molecular complexity index is 783. The lowest BCUT2D eigenvalue weighted by Crippen LogP contribution is -2.55. The second-order valence-electron chi connectivity index (χ2n) is 8.07. The molecular weight excluding hydrogens is 372 g/mol. The molecule has 0 aliphatic carbocycles. The number of hydrogen-bond donors (Lipinski definition) is 1. The van der Waals surface area contributed by atoms with Crippen LogP contribution in [0.15, 0.2) is 48.5 Å². The summed E-state index contributed by atoms with van der Waals surface area (Å²) in [6.45, 7) is 6.65. The Hall–Kier alpha value is -2.31. The van der Waals surface area contributed by atoms with Gasteiger partial charge in [-0.1, -0.05) is 31.2 Å². The zero-order chi connectivity index (χ0) is 20.4. The molecule has 2 aliphatic heterocycles. The van der Waals surface area contributed by atoms with E-state index in [1.165, 1.54) is 24.3 Å². The number of carbonyl (C=O) groups excluding carboxylic acids is 1. The lowest BCUT2D eigenvalue weighted by molar-refractivity contribution is -0.139. The molecule has 1 amide bonds. The molecule has 4 nitrogen and oxygen atoms in total. The van der Waals surface area contributed by atoms with Gasteiger partial charge >= 0.3 is 0 Å². The van der Waals surface area contributed by atoms with Crippen molar-refractivity contribution in [2.24, 2.45) is 11.8 Å². The molecule has 2 aliphatic rings. The Balaban J connectivity index is 1.49. The van der Waals surface area contributed by atoms with Crippen molar-refractivity contribution in [2.75, 3.05) is 39.3 Å². The average molecular weight is 399 g/mol. The summed E-state index contributed by atoms with van der Waals surface area (Å²) in [7, 11) is 0. The Kier molecular flexibility index (Phi) is 5.92. The summed E-state index contributed by atoms with van der Waals surface area (Å²) in [6, 6.07) is 12.9. The molecule has 2 heterocycles. The van der Waals surface area contributed by atoms with Gasteiger partial charge in [0.2, 0.25) is 5.91 Å². The highest BCUT2D eigenvalue weighted by Gasteiger charge is 2.34. The number of amides is 1. The van der Waals surface area contributed by atoms with E-state index in [9.17, 15) is 13.6 Å². The van der Waals surface area contributed by atoms with Gasteiger partial charge in [0.15, 0.2) is 0 Å². The van der Waals surface area contributed by atoms with Crippen molar-refractivity contribution in [3.05, 3.63) is 71.3 Å². The van der Waals surface area contributed by atoms with Gasteiger partial charge in [0.25, 0.3) is 0 Å². The molecular formula is C23H27F2N3O. The number of hydrogen-bond acceptors (Lipinski definition) is 3. The fraction of sp³-hybridized carbons (Fsp3) is 0.435. The minimum absolute atomic E-state index is 0.0489. The Labute approximate surface area is 170 Å². The van der Waals surface area contributed by atoms with E-state index in [1.54, 1.807) is 24.3 Å². The van der Waals surface area contributed by atoms with E-state index >= 15 is 0 Å². The highest BCUT2D eigenvalue weighted by molar-refractivity contribution is 5.79. The normalized spacial score (nSPS) is 19.2. The molecule has 1 unspecified atom stereocenters. The van der Waals surface area contributed by atoms with E-state index < -0.39 is 0 Å². The van der Waals surface area contributed by atoms with Gasteiger partial charge in [0.1, 0.15) is 11.6 Å². The largest absolute Gasteiger partial charge is 0.340 e. The lowest BCUT2D eigenvalue weighted by atomic mass is 9.87. The summed E-state index contributed by atoms with van der Waals surface area (Å²) >= 11 is 0. The molecule has 29 heavy (non-hydrogen) atoms. The van der Waals surface area contributed by atoms with Crippen LogP contribution in [0.3, 0.4) is 0 Å². The second-order valence-corrected chi connectivity index (χ2v) is 8.07. The van der Waals surface area contributed by atoms with Crippen LogP contribution in [0.4, 0.5) is 8.78 Å². The molecule has 154 valence electrons. The molecule has 0 aromatic heterocycles. The predicted molar refractivity (Wildman–Crippen MR) is 108 cm³/mol. The summed E-state index contributed by atoms with van der Waals surface area (Å²) < 4.78 is 26.9. The molecule has 0 saturated carbocycles. The second kappa shape index (κ2) is 8.59. The van der Waals surface area contributed by atoms with E-state index in [1.807, 2.05) is 11.8 Å². The van der Waals surface area contributed by atoms with E-state index in [-0.39, 0.29) is 29.5 Å². The summed E-state index contributed by atoms with van der Waals surface area (Å²) in [5, 5.41) is 3.23. The quantitative estimate of drug-likeness (QED) is 0.840. The highest BCUT2D eigenvalue weighted by Crippen LogP contribution is 2.30. The molecule has 1 atom stereocenters. The summed E-state index contributed by atoms with van der Waals surface area (Å²) in [6.07, 6.45) is 0. The van der Waals surface area contributed by atoms with Gasteiger partial charge in [-0.25, -0.2) is 8.78 Å². The zero-order valence-corrected chi connectivity index (χ0v) is 16.7. The first kappa shape index (κ1) is 20.0. The minimum atomic E-state index is -0.276. The number of halogens is 2. The highest BCUT2D eigenvalue weighted by atomic mass is 19.1. The fourth-order valence-electron chi connectivity index (χ4n) is 4.26. The zero-order valence-electron chi connectivity index (χ0n) is 16.7. The molecule has 0 spiro atoms. The number of carbonyl (C=O) groups is 1. The van der Waals surface area contributed by atoms with E-state index in [0.717, 1.165) is 37.3 Å². The number of nitrogens with one attached hydrogen (secondary N) is 1. The van der Waals surface area contributed by atoms with Crippen molar-refractivity contribution in [3.8, 4) is 0 Å². The lowest BCUT2D eigenvalue weighted by Gasteiger charge is -2.42. The predicted octanol–water partition coefficient (Wildman–Crippen LogP) is 3.05. The molecule has 2 aromatic carbocycles.